The van der Waals surface area contributed by atoms with Crippen molar-refractivity contribution >= 4 is 0 Å². The average molecular weight is 195 g/mol. The number of hydrogen-bond acceptors (Lipinski definition) is 3. The molecule has 1 aromatic rings. The molecule has 0 aromatic carbocycles. The van der Waals surface area contributed by atoms with Gasteiger partial charge < -0.3 is 9.84 Å². The second kappa shape index (κ2) is 5.60. The minimum Gasteiger partial charge on any atom is -0.493 e. The number of aryl methyl sites for hydroxylation is 1. The van der Waals surface area contributed by atoms with Gasteiger partial charge in [0.05, 0.1) is 18.9 Å². The van der Waals surface area contributed by atoms with Crippen LogP contribution in [0, 0.1) is 0 Å². The van der Waals surface area contributed by atoms with Crippen LogP contribution >= 0.6 is 0 Å². The zero-order valence-corrected chi connectivity index (χ0v) is 8.79. The standard InChI is InChI=1S/C11H17NO2/c1-3-5-14-11-6-9(4-2)12-10(7-11)8-13/h6-7,13H,3-5,8H2,1-2H3. The van der Waals surface area contributed by atoms with Crippen molar-refractivity contribution in [2.45, 2.75) is 33.3 Å². The van der Waals surface area contributed by atoms with Crippen LogP contribution in [0.4, 0.5) is 0 Å². The quantitative estimate of drug-likeness (QED) is 0.780. The van der Waals surface area contributed by atoms with E-state index in [0.717, 1.165) is 24.3 Å². The Morgan fingerprint density at radius 3 is 2.57 bits per heavy atom. The molecule has 1 aromatic heterocycles. The fourth-order valence-corrected chi connectivity index (χ4v) is 1.18. The second-order valence-electron chi connectivity index (χ2n) is 3.15. The summed E-state index contributed by atoms with van der Waals surface area (Å²) in [5.41, 5.74) is 1.64. The largest absolute Gasteiger partial charge is 0.493 e. The van der Waals surface area contributed by atoms with Crippen LogP contribution in [0.15, 0.2) is 12.1 Å². The van der Waals surface area contributed by atoms with Crippen molar-refractivity contribution in [2.75, 3.05) is 6.61 Å². The van der Waals surface area contributed by atoms with Gasteiger partial charge in [0.15, 0.2) is 0 Å². The Morgan fingerprint density at radius 1 is 1.29 bits per heavy atom. The molecule has 0 saturated heterocycles. The fourth-order valence-electron chi connectivity index (χ4n) is 1.18. The lowest BCUT2D eigenvalue weighted by Gasteiger charge is -2.07. The van der Waals surface area contributed by atoms with Crippen molar-refractivity contribution in [3.05, 3.63) is 23.5 Å². The zero-order valence-electron chi connectivity index (χ0n) is 8.79. The summed E-state index contributed by atoms with van der Waals surface area (Å²) in [4.78, 5) is 4.25. The van der Waals surface area contributed by atoms with Crippen LogP contribution in [0.25, 0.3) is 0 Å². The van der Waals surface area contributed by atoms with Gasteiger partial charge in [0.2, 0.25) is 0 Å². The molecule has 0 radical (unpaired) electrons. The minimum atomic E-state index is -0.0314. The van der Waals surface area contributed by atoms with Crippen molar-refractivity contribution in [3.8, 4) is 5.75 Å². The highest BCUT2D eigenvalue weighted by Crippen LogP contribution is 2.15. The molecule has 0 amide bonds. The van der Waals surface area contributed by atoms with Crippen LogP contribution in [0.3, 0.4) is 0 Å². The third-order valence-electron chi connectivity index (χ3n) is 1.90. The topological polar surface area (TPSA) is 42.4 Å². The zero-order chi connectivity index (χ0) is 10.4. The molecule has 1 N–H and O–H groups in total. The molecule has 0 fully saturated rings. The number of pyridine rings is 1. The molecule has 1 rings (SSSR count). The van der Waals surface area contributed by atoms with E-state index in [4.69, 9.17) is 9.84 Å². The molecule has 0 bridgehead atoms. The second-order valence-corrected chi connectivity index (χ2v) is 3.15. The molecule has 0 saturated carbocycles. The molecular weight excluding hydrogens is 178 g/mol. The van der Waals surface area contributed by atoms with Crippen molar-refractivity contribution in [1.29, 1.82) is 0 Å². The predicted molar refractivity (Wildman–Crippen MR) is 55.3 cm³/mol. The molecule has 14 heavy (non-hydrogen) atoms. The maximum absolute atomic E-state index is 8.99. The predicted octanol–water partition coefficient (Wildman–Crippen LogP) is 1.93. The van der Waals surface area contributed by atoms with Crippen molar-refractivity contribution in [3.63, 3.8) is 0 Å². The van der Waals surface area contributed by atoms with Crippen molar-refractivity contribution in [1.82, 2.24) is 4.98 Å². The number of nitrogens with zero attached hydrogens (tertiary/aromatic N) is 1. The lowest BCUT2D eigenvalue weighted by Crippen LogP contribution is -2.00. The van der Waals surface area contributed by atoms with Crippen LogP contribution in [-0.4, -0.2) is 16.7 Å². The highest BCUT2D eigenvalue weighted by molar-refractivity contribution is 5.27. The lowest BCUT2D eigenvalue weighted by atomic mass is 10.2. The Balaban J connectivity index is 2.81. The molecule has 0 unspecified atom stereocenters. The summed E-state index contributed by atoms with van der Waals surface area (Å²) in [6.07, 6.45) is 1.84. The molecule has 3 heteroatoms. The van der Waals surface area contributed by atoms with E-state index in [0.29, 0.717) is 12.3 Å². The van der Waals surface area contributed by atoms with Crippen LogP contribution in [0.2, 0.25) is 0 Å². The van der Waals surface area contributed by atoms with Crippen LogP contribution < -0.4 is 4.74 Å². The highest BCUT2D eigenvalue weighted by atomic mass is 16.5. The first-order valence-corrected chi connectivity index (χ1v) is 5.03. The lowest BCUT2D eigenvalue weighted by molar-refractivity contribution is 0.273. The van der Waals surface area contributed by atoms with Gasteiger partial charge in [-0.3, -0.25) is 4.98 Å². The summed E-state index contributed by atoms with van der Waals surface area (Å²) in [5, 5.41) is 8.99. The van der Waals surface area contributed by atoms with Crippen LogP contribution in [0.1, 0.15) is 31.7 Å². The average Bonchev–Trinajstić information content (AvgIpc) is 2.25. The van der Waals surface area contributed by atoms with E-state index in [1.807, 2.05) is 13.0 Å². The van der Waals surface area contributed by atoms with Gasteiger partial charge in [-0.2, -0.15) is 0 Å². The maximum atomic E-state index is 8.99. The Hall–Kier alpha value is -1.09. The SMILES string of the molecule is CCCOc1cc(CC)nc(CO)c1. The normalized spacial score (nSPS) is 10.2. The summed E-state index contributed by atoms with van der Waals surface area (Å²) < 4.78 is 5.49. The summed E-state index contributed by atoms with van der Waals surface area (Å²) >= 11 is 0. The first-order chi connectivity index (χ1) is 6.80. The van der Waals surface area contributed by atoms with Crippen molar-refractivity contribution < 1.29 is 9.84 Å². The molecule has 78 valence electrons. The molecule has 0 aliphatic carbocycles. The number of aliphatic hydroxyl groups is 1. The fraction of sp³-hybridized carbons (Fsp3) is 0.545. The third kappa shape index (κ3) is 3.00. The van der Waals surface area contributed by atoms with Gasteiger partial charge in [-0.05, 0) is 12.8 Å². The number of hydrogen-bond donors (Lipinski definition) is 1. The molecule has 3 nitrogen and oxygen atoms in total. The Kier molecular flexibility index (Phi) is 4.40. The third-order valence-corrected chi connectivity index (χ3v) is 1.90. The van der Waals surface area contributed by atoms with E-state index in [1.165, 1.54) is 0 Å². The summed E-state index contributed by atoms with van der Waals surface area (Å²) in [7, 11) is 0. The smallest absolute Gasteiger partial charge is 0.123 e. The Morgan fingerprint density at radius 2 is 2.00 bits per heavy atom. The van der Waals surface area contributed by atoms with Gasteiger partial charge in [0.25, 0.3) is 0 Å². The molecule has 0 aliphatic heterocycles. The molecule has 0 atom stereocenters. The van der Waals surface area contributed by atoms with Gasteiger partial charge in [-0.15, -0.1) is 0 Å². The monoisotopic (exact) mass is 195 g/mol. The van der Waals surface area contributed by atoms with E-state index in [-0.39, 0.29) is 6.61 Å². The van der Waals surface area contributed by atoms with E-state index in [2.05, 4.69) is 11.9 Å². The van der Waals surface area contributed by atoms with E-state index < -0.39 is 0 Å². The summed E-state index contributed by atoms with van der Waals surface area (Å²) in [6.45, 7) is 4.77. The Bertz CT molecular complexity index is 264. The summed E-state index contributed by atoms with van der Waals surface area (Å²) in [6, 6.07) is 3.71. The maximum Gasteiger partial charge on any atom is 0.123 e. The van der Waals surface area contributed by atoms with Gasteiger partial charge >= 0.3 is 0 Å². The van der Waals surface area contributed by atoms with Gasteiger partial charge in [0, 0.05) is 17.8 Å². The minimum absolute atomic E-state index is 0.0314. The van der Waals surface area contributed by atoms with Gasteiger partial charge in [0.1, 0.15) is 5.75 Å². The van der Waals surface area contributed by atoms with E-state index in [9.17, 15) is 0 Å². The molecule has 0 spiro atoms. The number of ether oxygens (including phenoxy) is 1. The van der Waals surface area contributed by atoms with Gasteiger partial charge in [-0.1, -0.05) is 13.8 Å². The number of aliphatic hydroxyl groups excluding tert-OH is 1. The molecule has 1 heterocycles. The molecular formula is C11H17NO2. The summed E-state index contributed by atoms with van der Waals surface area (Å²) in [5.74, 6) is 0.808. The first kappa shape index (κ1) is 11.0. The van der Waals surface area contributed by atoms with Crippen molar-refractivity contribution in [2.24, 2.45) is 0 Å². The van der Waals surface area contributed by atoms with E-state index in [1.54, 1.807) is 6.07 Å². The van der Waals surface area contributed by atoms with Crippen LogP contribution in [0.5, 0.6) is 5.75 Å². The van der Waals surface area contributed by atoms with Crippen LogP contribution in [-0.2, 0) is 13.0 Å². The molecule has 0 aliphatic rings. The van der Waals surface area contributed by atoms with E-state index >= 15 is 0 Å². The number of aromatic nitrogens is 1. The van der Waals surface area contributed by atoms with Gasteiger partial charge in [-0.25, -0.2) is 0 Å². The number of rotatable bonds is 5. The first-order valence-electron chi connectivity index (χ1n) is 5.03. The Labute approximate surface area is 84.7 Å². The highest BCUT2D eigenvalue weighted by Gasteiger charge is 2.01.